The molecule has 37 heavy (non-hydrogen) atoms. The number of aromatic nitrogens is 3. The Kier molecular flexibility index (Phi) is 5.50. The number of hydrogen-bond acceptors (Lipinski definition) is 8. The van der Waals surface area contributed by atoms with Gasteiger partial charge in [0.25, 0.3) is 10.1 Å². The lowest BCUT2D eigenvalue weighted by atomic mass is 10.0. The quantitative estimate of drug-likeness (QED) is 0.263. The molecule has 0 radical (unpaired) electrons. The Balaban J connectivity index is 1.33. The smallest absolute Gasteiger partial charge is 0.296 e. The van der Waals surface area contributed by atoms with Crippen LogP contribution < -0.4 is 0 Å². The molecule has 0 bridgehead atoms. The van der Waals surface area contributed by atoms with Crippen molar-refractivity contribution in [2.24, 2.45) is 16.8 Å². The number of aryl methyl sites for hydroxylation is 1. The summed E-state index contributed by atoms with van der Waals surface area (Å²) in [5.41, 5.74) is 1.35. The van der Waals surface area contributed by atoms with E-state index in [1.165, 1.54) is 6.33 Å². The average Bonchev–Trinajstić information content (AvgIpc) is 3.13. The van der Waals surface area contributed by atoms with Gasteiger partial charge in [-0.05, 0) is 51.3 Å². The van der Waals surface area contributed by atoms with Crippen LogP contribution in [0.1, 0.15) is 25.8 Å². The number of ether oxygens (including phenoxy) is 2. The van der Waals surface area contributed by atoms with E-state index in [4.69, 9.17) is 13.7 Å². The van der Waals surface area contributed by atoms with Gasteiger partial charge in [-0.1, -0.05) is 17.7 Å². The van der Waals surface area contributed by atoms with Crippen LogP contribution in [0.15, 0.2) is 52.7 Å². The van der Waals surface area contributed by atoms with Gasteiger partial charge in [-0.25, -0.2) is 15.0 Å². The van der Waals surface area contributed by atoms with E-state index in [9.17, 15) is 8.42 Å². The summed E-state index contributed by atoms with van der Waals surface area (Å²) in [6.07, 6.45) is 5.49. The van der Waals surface area contributed by atoms with Crippen LogP contribution in [-0.2, 0) is 29.3 Å². The lowest BCUT2D eigenvalue weighted by Gasteiger charge is -2.25. The Hall–Kier alpha value is -2.86. The molecule has 6 rings (SSSR count). The van der Waals surface area contributed by atoms with Gasteiger partial charge in [0.05, 0.1) is 34.9 Å². The van der Waals surface area contributed by atoms with E-state index >= 15 is 0 Å². The zero-order valence-electron chi connectivity index (χ0n) is 21.5. The second-order valence-electron chi connectivity index (χ2n) is 10.9. The molecule has 0 spiro atoms. The first-order valence-electron chi connectivity index (χ1n) is 12.4. The maximum absolute atomic E-state index is 12.9. The van der Waals surface area contributed by atoms with Gasteiger partial charge < -0.3 is 18.9 Å². The molecule has 0 N–H and O–H groups in total. The highest BCUT2D eigenvalue weighted by atomic mass is 32.2. The van der Waals surface area contributed by atoms with E-state index in [1.54, 1.807) is 30.6 Å². The summed E-state index contributed by atoms with van der Waals surface area (Å²) in [6.45, 7) is 5.72. The summed E-state index contributed by atoms with van der Waals surface area (Å²) in [5.74, 6) is -0.236. The molecule has 2 aromatic heterocycles. The fourth-order valence-electron chi connectivity index (χ4n) is 5.97. The summed E-state index contributed by atoms with van der Waals surface area (Å²) in [6, 6.07) is 8.65. The van der Waals surface area contributed by atoms with Gasteiger partial charge in [0, 0.05) is 26.2 Å². The van der Waals surface area contributed by atoms with Crippen molar-refractivity contribution in [2.45, 2.75) is 55.6 Å². The molecule has 3 heterocycles. The molecule has 2 saturated carbocycles. The van der Waals surface area contributed by atoms with Crippen molar-refractivity contribution in [3.63, 3.8) is 0 Å². The third-order valence-corrected chi connectivity index (χ3v) is 8.93. The van der Waals surface area contributed by atoms with Gasteiger partial charge >= 0.3 is 0 Å². The third kappa shape index (κ3) is 3.96. The van der Waals surface area contributed by atoms with Gasteiger partial charge in [-0.15, -0.1) is 0 Å². The minimum absolute atomic E-state index is 0.0236. The number of fused-ring (bicyclic) bond motifs is 4. The Bertz CT molecular complexity index is 1480. The highest BCUT2D eigenvalue weighted by molar-refractivity contribution is 7.86. The molecule has 5 atom stereocenters. The van der Waals surface area contributed by atoms with Crippen LogP contribution in [0, 0.1) is 18.8 Å². The molecule has 3 fully saturated rings. The minimum Gasteiger partial charge on any atom is -0.369 e. The number of hydrogen-bond donors (Lipinski definition) is 0. The Morgan fingerprint density at radius 2 is 1.95 bits per heavy atom. The molecule has 3 aliphatic rings. The predicted octanol–water partition coefficient (Wildman–Crippen LogP) is 3.23. The second kappa shape index (κ2) is 8.32. The Labute approximate surface area is 216 Å². The van der Waals surface area contributed by atoms with Crippen molar-refractivity contribution < 1.29 is 22.1 Å². The molecule has 196 valence electrons. The van der Waals surface area contributed by atoms with E-state index in [0.29, 0.717) is 5.82 Å². The second-order valence-corrected chi connectivity index (χ2v) is 12.5. The standard InChI is InChI=1S/C26H31N5O5S/c1-16-6-8-17(9-7-16)37(32,33)34-13-19-20-12-26(20,22-21(19)35-25(2,3)36-22)31-11-10-18-23(29-15-30(4)5)27-14-28-24(18)31/h6-11,14-15,19-22H,12-13H2,1-5H3/t19-,20-,21+,22+,26-/m0/s1. The first kappa shape index (κ1) is 24.5. The highest BCUT2D eigenvalue weighted by Crippen LogP contribution is 2.68. The van der Waals surface area contributed by atoms with Gasteiger partial charge in [-0.3, -0.25) is 4.18 Å². The Morgan fingerprint density at radius 3 is 2.68 bits per heavy atom. The number of aliphatic imine (C=N–C) groups is 1. The summed E-state index contributed by atoms with van der Waals surface area (Å²) in [5, 5.41) is 0.844. The van der Waals surface area contributed by atoms with Crippen molar-refractivity contribution in [1.82, 2.24) is 19.4 Å². The van der Waals surface area contributed by atoms with Crippen LogP contribution in [0.2, 0.25) is 0 Å². The minimum atomic E-state index is -3.90. The SMILES string of the molecule is Cc1ccc(S(=O)(=O)OC[C@@H]2[C@H]3OC(C)(C)O[C@H]3[C@]3(n4ccc5c(N=CN(C)C)ncnc54)C[C@@H]23)cc1. The number of benzene rings is 1. The number of rotatable bonds is 7. The maximum atomic E-state index is 12.9. The molecular weight excluding hydrogens is 494 g/mol. The zero-order valence-corrected chi connectivity index (χ0v) is 22.3. The van der Waals surface area contributed by atoms with Gasteiger partial charge in [0.1, 0.15) is 18.1 Å². The van der Waals surface area contributed by atoms with Crippen LogP contribution in [0.25, 0.3) is 11.0 Å². The largest absolute Gasteiger partial charge is 0.369 e. The van der Waals surface area contributed by atoms with Crippen LogP contribution in [0.4, 0.5) is 5.82 Å². The van der Waals surface area contributed by atoms with Crippen LogP contribution in [0.5, 0.6) is 0 Å². The topological polar surface area (TPSA) is 108 Å². The normalized spacial score (nSPS) is 30.1. The van der Waals surface area contributed by atoms with Crippen molar-refractivity contribution in [2.75, 3.05) is 20.7 Å². The highest BCUT2D eigenvalue weighted by Gasteiger charge is 2.76. The molecule has 2 aliphatic carbocycles. The molecular formula is C26H31N5O5S. The molecule has 1 aliphatic heterocycles. The van der Waals surface area contributed by atoms with Gasteiger partial charge in [-0.2, -0.15) is 8.42 Å². The van der Waals surface area contributed by atoms with E-state index < -0.39 is 21.4 Å². The van der Waals surface area contributed by atoms with E-state index in [1.807, 2.05) is 52.0 Å². The molecule has 0 amide bonds. The summed E-state index contributed by atoms with van der Waals surface area (Å²) < 4.78 is 46.4. The molecule has 1 aromatic carbocycles. The zero-order chi connectivity index (χ0) is 26.2. The molecule has 1 saturated heterocycles. The molecule has 11 heteroatoms. The van der Waals surface area contributed by atoms with Crippen LogP contribution in [0.3, 0.4) is 0 Å². The average molecular weight is 526 g/mol. The molecule has 0 unspecified atom stereocenters. The van der Waals surface area contributed by atoms with E-state index in [-0.39, 0.29) is 35.5 Å². The van der Waals surface area contributed by atoms with Crippen molar-refractivity contribution >= 4 is 33.3 Å². The van der Waals surface area contributed by atoms with Gasteiger partial charge in [0.2, 0.25) is 0 Å². The summed E-state index contributed by atoms with van der Waals surface area (Å²) >= 11 is 0. The van der Waals surface area contributed by atoms with Crippen molar-refractivity contribution in [3.05, 3.63) is 48.4 Å². The predicted molar refractivity (Wildman–Crippen MR) is 137 cm³/mol. The Morgan fingerprint density at radius 1 is 1.19 bits per heavy atom. The fraction of sp³-hybridized carbons (Fsp3) is 0.500. The fourth-order valence-corrected chi connectivity index (χ4v) is 6.92. The molecule has 3 aromatic rings. The summed E-state index contributed by atoms with van der Waals surface area (Å²) in [4.78, 5) is 15.5. The molecule has 10 nitrogen and oxygen atoms in total. The summed E-state index contributed by atoms with van der Waals surface area (Å²) in [7, 11) is -0.0924. The maximum Gasteiger partial charge on any atom is 0.296 e. The van der Waals surface area contributed by atoms with Crippen molar-refractivity contribution in [1.29, 1.82) is 0 Å². The third-order valence-electron chi connectivity index (χ3n) is 7.63. The van der Waals surface area contributed by atoms with E-state index in [0.717, 1.165) is 23.0 Å². The van der Waals surface area contributed by atoms with Crippen LogP contribution >= 0.6 is 0 Å². The van der Waals surface area contributed by atoms with Gasteiger partial charge in [0.15, 0.2) is 11.6 Å². The first-order valence-corrected chi connectivity index (χ1v) is 13.8. The van der Waals surface area contributed by atoms with Crippen LogP contribution in [-0.4, -0.2) is 72.9 Å². The van der Waals surface area contributed by atoms with E-state index in [2.05, 4.69) is 19.5 Å². The number of nitrogens with zero attached hydrogens (tertiary/aromatic N) is 5. The first-order chi connectivity index (χ1) is 17.5. The lowest BCUT2D eigenvalue weighted by Crippen LogP contribution is -2.37. The lowest BCUT2D eigenvalue weighted by molar-refractivity contribution is -0.162. The van der Waals surface area contributed by atoms with Crippen molar-refractivity contribution in [3.8, 4) is 0 Å². The monoisotopic (exact) mass is 525 g/mol.